The second kappa shape index (κ2) is 5.56. The summed E-state index contributed by atoms with van der Waals surface area (Å²) in [7, 11) is 1.79. The van der Waals surface area contributed by atoms with Crippen molar-refractivity contribution in [1.29, 1.82) is 0 Å². The first-order valence-corrected chi connectivity index (χ1v) is 5.11. The molecular weight excluding hydrogens is 192 g/mol. The molecule has 84 valence electrons. The molecular formula is C11H18N2O2. The third-order valence-electron chi connectivity index (χ3n) is 2.40. The fraction of sp³-hybridized carbons (Fsp3) is 0.545. The molecule has 1 rings (SSSR count). The van der Waals surface area contributed by atoms with Crippen LogP contribution in [0.2, 0.25) is 0 Å². The molecule has 0 fully saturated rings. The molecule has 0 radical (unpaired) electrons. The number of hydrogen-bond donors (Lipinski definition) is 1. The Morgan fingerprint density at radius 1 is 1.67 bits per heavy atom. The van der Waals surface area contributed by atoms with Gasteiger partial charge in [0, 0.05) is 25.1 Å². The van der Waals surface area contributed by atoms with Crippen LogP contribution in [-0.2, 0) is 11.3 Å². The zero-order valence-electron chi connectivity index (χ0n) is 9.27. The van der Waals surface area contributed by atoms with Crippen LogP contribution in [0.4, 0.5) is 0 Å². The first-order valence-electron chi connectivity index (χ1n) is 5.11. The number of carbonyl (C=O) groups excluding carboxylic acids is 1. The van der Waals surface area contributed by atoms with E-state index in [1.54, 1.807) is 24.5 Å². The van der Waals surface area contributed by atoms with Crippen molar-refractivity contribution < 1.29 is 9.21 Å². The minimum atomic E-state index is -0.00750. The summed E-state index contributed by atoms with van der Waals surface area (Å²) < 4.78 is 4.95. The smallest absolute Gasteiger partial charge is 0.225 e. The number of nitrogens with zero attached hydrogens (tertiary/aromatic N) is 1. The summed E-state index contributed by atoms with van der Waals surface area (Å²) in [6.07, 6.45) is 3.99. The average Bonchev–Trinajstić information content (AvgIpc) is 2.69. The molecule has 1 aromatic heterocycles. The highest BCUT2D eigenvalue weighted by atomic mass is 16.3. The van der Waals surface area contributed by atoms with E-state index in [4.69, 9.17) is 10.2 Å². The fourth-order valence-electron chi connectivity index (χ4n) is 1.48. The van der Waals surface area contributed by atoms with Crippen molar-refractivity contribution in [2.45, 2.75) is 19.9 Å². The van der Waals surface area contributed by atoms with Crippen LogP contribution in [0.15, 0.2) is 23.0 Å². The van der Waals surface area contributed by atoms with E-state index in [1.807, 2.05) is 13.0 Å². The van der Waals surface area contributed by atoms with Gasteiger partial charge in [0.15, 0.2) is 0 Å². The molecule has 4 nitrogen and oxygen atoms in total. The van der Waals surface area contributed by atoms with E-state index in [9.17, 15) is 4.79 Å². The van der Waals surface area contributed by atoms with E-state index >= 15 is 0 Å². The zero-order valence-corrected chi connectivity index (χ0v) is 9.27. The molecule has 1 atom stereocenters. The van der Waals surface area contributed by atoms with Crippen molar-refractivity contribution >= 4 is 5.91 Å². The van der Waals surface area contributed by atoms with Crippen molar-refractivity contribution in [3.8, 4) is 0 Å². The van der Waals surface area contributed by atoms with Gasteiger partial charge in [-0.15, -0.1) is 0 Å². The summed E-state index contributed by atoms with van der Waals surface area (Å²) in [5.41, 5.74) is 6.42. The summed E-state index contributed by atoms with van der Waals surface area (Å²) in [4.78, 5) is 13.5. The van der Waals surface area contributed by atoms with Crippen LogP contribution >= 0.6 is 0 Å². The second-order valence-corrected chi connectivity index (χ2v) is 3.80. The number of carbonyl (C=O) groups is 1. The lowest BCUT2D eigenvalue weighted by molar-refractivity contribution is -0.134. The van der Waals surface area contributed by atoms with E-state index in [0.29, 0.717) is 13.1 Å². The van der Waals surface area contributed by atoms with E-state index in [1.165, 1.54) is 0 Å². The monoisotopic (exact) mass is 210 g/mol. The maximum Gasteiger partial charge on any atom is 0.225 e. The van der Waals surface area contributed by atoms with E-state index in [2.05, 4.69) is 0 Å². The predicted molar refractivity (Wildman–Crippen MR) is 58.0 cm³/mol. The zero-order chi connectivity index (χ0) is 11.3. The molecule has 1 amide bonds. The summed E-state index contributed by atoms with van der Waals surface area (Å²) in [6.45, 7) is 3.04. The van der Waals surface area contributed by atoms with Gasteiger partial charge in [-0.1, -0.05) is 6.92 Å². The van der Waals surface area contributed by atoms with Gasteiger partial charge in [-0.2, -0.15) is 0 Å². The van der Waals surface area contributed by atoms with Crippen LogP contribution in [0.3, 0.4) is 0 Å². The Labute approximate surface area is 90.0 Å². The quantitative estimate of drug-likeness (QED) is 0.795. The number of furan rings is 1. The Morgan fingerprint density at radius 2 is 2.40 bits per heavy atom. The van der Waals surface area contributed by atoms with Gasteiger partial charge < -0.3 is 15.1 Å². The highest BCUT2D eigenvalue weighted by Gasteiger charge is 2.16. The van der Waals surface area contributed by atoms with E-state index in [0.717, 1.165) is 12.0 Å². The van der Waals surface area contributed by atoms with Crippen LogP contribution in [-0.4, -0.2) is 24.4 Å². The molecule has 0 aromatic carbocycles. The van der Waals surface area contributed by atoms with Crippen LogP contribution in [0.5, 0.6) is 0 Å². The van der Waals surface area contributed by atoms with Crippen molar-refractivity contribution in [1.82, 2.24) is 4.90 Å². The molecule has 0 saturated carbocycles. The summed E-state index contributed by atoms with van der Waals surface area (Å²) >= 11 is 0. The van der Waals surface area contributed by atoms with Crippen molar-refractivity contribution in [2.75, 3.05) is 13.6 Å². The molecule has 0 aliphatic rings. The van der Waals surface area contributed by atoms with Crippen molar-refractivity contribution in [2.24, 2.45) is 11.7 Å². The Morgan fingerprint density at radius 3 is 2.93 bits per heavy atom. The predicted octanol–water partition coefficient (Wildman–Crippen LogP) is 1.22. The molecule has 0 saturated heterocycles. The average molecular weight is 210 g/mol. The van der Waals surface area contributed by atoms with Gasteiger partial charge in [-0.05, 0) is 19.0 Å². The summed E-state index contributed by atoms with van der Waals surface area (Å²) in [6, 6.07) is 1.86. The largest absolute Gasteiger partial charge is 0.472 e. The molecule has 1 aromatic rings. The summed E-state index contributed by atoms with van der Waals surface area (Å²) in [5.74, 6) is 0.119. The fourth-order valence-corrected chi connectivity index (χ4v) is 1.48. The minimum Gasteiger partial charge on any atom is -0.472 e. The number of nitrogens with two attached hydrogens (primary N) is 1. The minimum absolute atomic E-state index is 0.00750. The summed E-state index contributed by atoms with van der Waals surface area (Å²) in [5, 5.41) is 0. The van der Waals surface area contributed by atoms with E-state index in [-0.39, 0.29) is 11.8 Å². The highest BCUT2D eigenvalue weighted by Crippen LogP contribution is 2.09. The van der Waals surface area contributed by atoms with Gasteiger partial charge in [-0.25, -0.2) is 0 Å². The van der Waals surface area contributed by atoms with Gasteiger partial charge in [0.25, 0.3) is 0 Å². The molecule has 1 heterocycles. The molecule has 1 unspecified atom stereocenters. The lowest BCUT2D eigenvalue weighted by atomic mass is 10.1. The van der Waals surface area contributed by atoms with Crippen LogP contribution in [0.25, 0.3) is 0 Å². The number of amides is 1. The van der Waals surface area contributed by atoms with Crippen molar-refractivity contribution in [3.05, 3.63) is 24.2 Å². The molecule has 2 N–H and O–H groups in total. The van der Waals surface area contributed by atoms with Crippen LogP contribution in [0, 0.1) is 5.92 Å². The van der Waals surface area contributed by atoms with Gasteiger partial charge in [-0.3, -0.25) is 4.79 Å². The van der Waals surface area contributed by atoms with E-state index < -0.39 is 0 Å². The van der Waals surface area contributed by atoms with Crippen LogP contribution in [0.1, 0.15) is 18.9 Å². The first-order chi connectivity index (χ1) is 7.15. The van der Waals surface area contributed by atoms with Crippen molar-refractivity contribution in [3.63, 3.8) is 0 Å². The molecule has 4 heteroatoms. The second-order valence-electron chi connectivity index (χ2n) is 3.80. The van der Waals surface area contributed by atoms with Gasteiger partial charge in [0.05, 0.1) is 12.5 Å². The molecule has 0 aliphatic carbocycles. The van der Waals surface area contributed by atoms with Gasteiger partial charge in [0.2, 0.25) is 5.91 Å². The maximum absolute atomic E-state index is 11.8. The Bertz CT molecular complexity index is 296. The Hall–Kier alpha value is -1.29. The molecule has 0 aliphatic heterocycles. The van der Waals surface area contributed by atoms with Crippen LogP contribution < -0.4 is 5.73 Å². The maximum atomic E-state index is 11.8. The number of hydrogen-bond acceptors (Lipinski definition) is 3. The van der Waals surface area contributed by atoms with Gasteiger partial charge >= 0.3 is 0 Å². The normalized spacial score (nSPS) is 12.5. The standard InChI is InChI=1S/C11H18N2O2/c1-9(3-5-12)11(14)13(2)7-10-4-6-15-8-10/h4,6,8-9H,3,5,7,12H2,1-2H3. The topological polar surface area (TPSA) is 59.5 Å². The lowest BCUT2D eigenvalue weighted by Crippen LogP contribution is -2.32. The Kier molecular flexibility index (Phi) is 4.37. The Balaban J connectivity index is 2.46. The van der Waals surface area contributed by atoms with Gasteiger partial charge in [0.1, 0.15) is 0 Å². The SMILES string of the molecule is CC(CCN)C(=O)N(C)Cc1ccoc1. The molecule has 0 bridgehead atoms. The third-order valence-corrected chi connectivity index (χ3v) is 2.40. The molecule has 0 spiro atoms. The first kappa shape index (κ1) is 11.8. The highest BCUT2D eigenvalue weighted by molar-refractivity contribution is 5.78. The lowest BCUT2D eigenvalue weighted by Gasteiger charge is -2.20. The molecule has 15 heavy (non-hydrogen) atoms. The third kappa shape index (κ3) is 3.40. The number of rotatable bonds is 5.